The van der Waals surface area contributed by atoms with Crippen LogP contribution in [0.2, 0.25) is 0 Å². The minimum atomic E-state index is -0.687. The number of esters is 1. The SMILES string of the molecule is CCC(C)(CC)C(=O)O.CCOC(=O)C(C)CC. The number of hydrogen-bond acceptors (Lipinski definition) is 3. The van der Waals surface area contributed by atoms with Crippen molar-refractivity contribution >= 4 is 11.9 Å². The Balaban J connectivity index is 0. The molecule has 0 bridgehead atoms. The molecule has 4 nitrogen and oxygen atoms in total. The molecule has 0 aliphatic carbocycles. The van der Waals surface area contributed by atoms with E-state index in [1.165, 1.54) is 0 Å². The predicted octanol–water partition coefficient (Wildman–Crippen LogP) is 3.49. The highest BCUT2D eigenvalue weighted by atomic mass is 16.5. The lowest BCUT2D eigenvalue weighted by atomic mass is 9.85. The van der Waals surface area contributed by atoms with Gasteiger partial charge in [-0.3, -0.25) is 9.59 Å². The first-order valence-electron chi connectivity index (χ1n) is 6.68. The maximum Gasteiger partial charge on any atom is 0.309 e. The smallest absolute Gasteiger partial charge is 0.309 e. The molecule has 0 saturated heterocycles. The quantitative estimate of drug-likeness (QED) is 0.742. The number of rotatable bonds is 6. The van der Waals surface area contributed by atoms with Crippen molar-refractivity contribution in [1.29, 1.82) is 0 Å². The van der Waals surface area contributed by atoms with Gasteiger partial charge < -0.3 is 9.84 Å². The molecule has 0 heterocycles. The topological polar surface area (TPSA) is 63.6 Å². The van der Waals surface area contributed by atoms with E-state index in [0.717, 1.165) is 6.42 Å². The molecule has 18 heavy (non-hydrogen) atoms. The molecule has 0 aromatic carbocycles. The summed E-state index contributed by atoms with van der Waals surface area (Å²) in [6.45, 7) is 11.7. The number of hydrogen-bond donors (Lipinski definition) is 1. The normalized spacial score (nSPS) is 12.1. The molecule has 0 aromatic heterocycles. The van der Waals surface area contributed by atoms with Crippen LogP contribution in [0, 0.1) is 11.3 Å². The molecule has 0 rings (SSSR count). The van der Waals surface area contributed by atoms with Crippen LogP contribution in [0.3, 0.4) is 0 Å². The highest BCUT2D eigenvalue weighted by Gasteiger charge is 2.28. The molecule has 4 heteroatoms. The predicted molar refractivity (Wildman–Crippen MR) is 72.4 cm³/mol. The number of aliphatic carboxylic acids is 1. The molecule has 0 aliphatic rings. The van der Waals surface area contributed by atoms with E-state index in [4.69, 9.17) is 9.84 Å². The second kappa shape index (κ2) is 9.92. The van der Waals surface area contributed by atoms with Crippen LogP contribution < -0.4 is 0 Å². The molecule has 0 spiro atoms. The summed E-state index contributed by atoms with van der Waals surface area (Å²) in [7, 11) is 0. The summed E-state index contributed by atoms with van der Waals surface area (Å²) in [5.74, 6) is -0.711. The molecule has 1 N–H and O–H groups in total. The monoisotopic (exact) mass is 260 g/mol. The Bertz CT molecular complexity index is 242. The van der Waals surface area contributed by atoms with Crippen LogP contribution in [0.5, 0.6) is 0 Å². The van der Waals surface area contributed by atoms with Gasteiger partial charge in [0.2, 0.25) is 0 Å². The average Bonchev–Trinajstić information content (AvgIpc) is 2.37. The van der Waals surface area contributed by atoms with E-state index >= 15 is 0 Å². The highest BCUT2D eigenvalue weighted by molar-refractivity contribution is 5.73. The molecule has 1 atom stereocenters. The Labute approximate surface area is 111 Å². The highest BCUT2D eigenvalue weighted by Crippen LogP contribution is 2.24. The molecule has 1 unspecified atom stereocenters. The second-order valence-corrected chi connectivity index (χ2v) is 4.63. The van der Waals surface area contributed by atoms with E-state index in [0.29, 0.717) is 19.4 Å². The molecule has 0 fully saturated rings. The van der Waals surface area contributed by atoms with Gasteiger partial charge in [-0.1, -0.05) is 27.7 Å². The summed E-state index contributed by atoms with van der Waals surface area (Å²) in [5.41, 5.74) is -0.500. The van der Waals surface area contributed by atoms with Gasteiger partial charge in [0, 0.05) is 0 Å². The van der Waals surface area contributed by atoms with Crippen LogP contribution in [0.15, 0.2) is 0 Å². The van der Waals surface area contributed by atoms with E-state index < -0.39 is 11.4 Å². The van der Waals surface area contributed by atoms with Gasteiger partial charge in [0.05, 0.1) is 17.9 Å². The fourth-order valence-corrected chi connectivity index (χ4v) is 1.00. The Morgan fingerprint density at radius 2 is 1.61 bits per heavy atom. The van der Waals surface area contributed by atoms with Crippen molar-refractivity contribution in [3.8, 4) is 0 Å². The molecular weight excluding hydrogens is 232 g/mol. The van der Waals surface area contributed by atoms with E-state index in [2.05, 4.69) is 0 Å². The van der Waals surface area contributed by atoms with E-state index in [1.54, 1.807) is 6.92 Å². The minimum Gasteiger partial charge on any atom is -0.481 e. The fraction of sp³-hybridized carbons (Fsp3) is 0.857. The number of carbonyl (C=O) groups is 2. The number of carboxylic acids is 1. The van der Waals surface area contributed by atoms with Crippen LogP contribution >= 0.6 is 0 Å². The van der Waals surface area contributed by atoms with Crippen molar-refractivity contribution in [2.24, 2.45) is 11.3 Å². The van der Waals surface area contributed by atoms with Gasteiger partial charge in [-0.05, 0) is 33.1 Å². The standard InChI is InChI=1S/2C7H14O2/c1-4-7(3,5-2)6(8)9;1-4-6(3)7(8)9-5-2/h4-5H2,1-3H3,(H,8,9);6H,4-5H2,1-3H3. The largest absolute Gasteiger partial charge is 0.481 e. The zero-order valence-electron chi connectivity index (χ0n) is 12.6. The maximum atomic E-state index is 10.8. The molecule has 0 aromatic rings. The third-order valence-corrected chi connectivity index (χ3v) is 3.38. The van der Waals surface area contributed by atoms with Gasteiger partial charge in [0.1, 0.15) is 0 Å². The van der Waals surface area contributed by atoms with Gasteiger partial charge in [0.25, 0.3) is 0 Å². The third kappa shape index (κ3) is 7.30. The van der Waals surface area contributed by atoms with E-state index in [1.807, 2.05) is 34.6 Å². The second-order valence-electron chi connectivity index (χ2n) is 4.63. The summed E-state index contributed by atoms with van der Waals surface area (Å²) in [6, 6.07) is 0. The van der Waals surface area contributed by atoms with E-state index in [9.17, 15) is 9.59 Å². The van der Waals surface area contributed by atoms with Gasteiger partial charge >= 0.3 is 11.9 Å². The average molecular weight is 260 g/mol. The van der Waals surface area contributed by atoms with Gasteiger partial charge in [0.15, 0.2) is 0 Å². The lowest BCUT2D eigenvalue weighted by Crippen LogP contribution is -2.25. The number of carboxylic acid groups (broad SMARTS) is 1. The molecule has 0 aliphatic heterocycles. The minimum absolute atomic E-state index is 0.0601. The van der Waals surface area contributed by atoms with Crippen molar-refractivity contribution in [2.75, 3.05) is 6.61 Å². The lowest BCUT2D eigenvalue weighted by Gasteiger charge is -2.19. The number of ether oxygens (including phenoxy) is 1. The summed E-state index contributed by atoms with van der Waals surface area (Å²) in [5, 5.41) is 8.63. The van der Waals surface area contributed by atoms with E-state index in [-0.39, 0.29) is 11.9 Å². The maximum absolute atomic E-state index is 10.8. The Hall–Kier alpha value is -1.06. The first-order valence-corrected chi connectivity index (χ1v) is 6.68. The Kier molecular flexibility index (Phi) is 10.6. The Morgan fingerprint density at radius 3 is 1.78 bits per heavy atom. The fourth-order valence-electron chi connectivity index (χ4n) is 1.00. The molecule has 0 amide bonds. The van der Waals surface area contributed by atoms with Crippen molar-refractivity contribution < 1.29 is 19.4 Å². The molecular formula is C14H28O4. The zero-order chi connectivity index (χ0) is 14.8. The third-order valence-electron chi connectivity index (χ3n) is 3.38. The summed E-state index contributed by atoms with van der Waals surface area (Å²) < 4.78 is 4.76. The number of carbonyl (C=O) groups excluding carboxylic acids is 1. The van der Waals surface area contributed by atoms with Crippen LogP contribution in [-0.4, -0.2) is 23.7 Å². The first-order chi connectivity index (χ1) is 8.28. The zero-order valence-corrected chi connectivity index (χ0v) is 12.6. The summed E-state index contributed by atoms with van der Waals surface area (Å²) in [4.78, 5) is 21.2. The lowest BCUT2D eigenvalue weighted by molar-refractivity contribution is -0.148. The summed E-state index contributed by atoms with van der Waals surface area (Å²) in [6.07, 6.45) is 2.27. The Morgan fingerprint density at radius 1 is 1.17 bits per heavy atom. The molecule has 0 radical (unpaired) electrons. The van der Waals surface area contributed by atoms with Gasteiger partial charge in [-0.25, -0.2) is 0 Å². The van der Waals surface area contributed by atoms with Crippen molar-refractivity contribution in [1.82, 2.24) is 0 Å². The van der Waals surface area contributed by atoms with Crippen molar-refractivity contribution in [3.63, 3.8) is 0 Å². The van der Waals surface area contributed by atoms with Crippen molar-refractivity contribution in [3.05, 3.63) is 0 Å². The van der Waals surface area contributed by atoms with Gasteiger partial charge in [-0.2, -0.15) is 0 Å². The van der Waals surface area contributed by atoms with Crippen molar-refractivity contribution in [2.45, 2.75) is 60.8 Å². The summed E-state index contributed by atoms with van der Waals surface area (Å²) >= 11 is 0. The van der Waals surface area contributed by atoms with Crippen LogP contribution in [0.4, 0.5) is 0 Å². The van der Waals surface area contributed by atoms with Gasteiger partial charge in [-0.15, -0.1) is 0 Å². The first kappa shape index (κ1) is 19.3. The van der Waals surface area contributed by atoms with Crippen LogP contribution in [0.1, 0.15) is 60.8 Å². The molecule has 0 saturated carbocycles. The molecule has 108 valence electrons. The van der Waals surface area contributed by atoms with Crippen LogP contribution in [-0.2, 0) is 14.3 Å². The van der Waals surface area contributed by atoms with Crippen LogP contribution in [0.25, 0.3) is 0 Å².